The first-order chi connectivity index (χ1) is 9.22. The fraction of sp³-hybridized carbons (Fsp3) is 0.188. The normalized spacial score (nSPS) is 10.2. The van der Waals surface area contributed by atoms with Gasteiger partial charge in [0, 0.05) is 6.42 Å². The second-order valence-corrected chi connectivity index (χ2v) is 4.25. The van der Waals surface area contributed by atoms with Crippen molar-refractivity contribution in [2.24, 2.45) is 0 Å². The number of rotatable bonds is 5. The van der Waals surface area contributed by atoms with Crippen molar-refractivity contribution in [3.63, 3.8) is 0 Å². The fourth-order valence-electron chi connectivity index (χ4n) is 2.00. The van der Waals surface area contributed by atoms with E-state index < -0.39 is 0 Å². The highest BCUT2D eigenvalue weighted by atomic mass is 16.5. The zero-order valence-corrected chi connectivity index (χ0v) is 10.8. The summed E-state index contributed by atoms with van der Waals surface area (Å²) in [6.07, 6.45) is 0.940. The predicted octanol–water partition coefficient (Wildman–Crippen LogP) is 3.22. The number of Topliss-reactive ketones (excluding diaryl/α,β-unsaturated/α-hetero) is 1. The first-order valence-electron chi connectivity index (χ1n) is 6.15. The number of carbonyl (C=O) groups excluding carboxylic acids is 1. The number of ether oxygens (including phenoxy) is 1. The molecule has 0 saturated carbocycles. The number of phenols is 1. The van der Waals surface area contributed by atoms with Crippen LogP contribution in [0.3, 0.4) is 0 Å². The SMILES string of the molecule is COc1ccccc1CCC(=O)c1ccccc1O. The van der Waals surface area contributed by atoms with Crippen molar-refractivity contribution in [3.8, 4) is 11.5 Å². The molecule has 0 radical (unpaired) electrons. The number of methoxy groups -OCH3 is 1. The molecule has 0 amide bonds. The molecule has 1 N–H and O–H groups in total. The van der Waals surface area contributed by atoms with Crippen molar-refractivity contribution in [2.75, 3.05) is 7.11 Å². The van der Waals surface area contributed by atoms with Crippen LogP contribution in [-0.4, -0.2) is 18.0 Å². The molecule has 0 aromatic heterocycles. The number of hydrogen-bond acceptors (Lipinski definition) is 3. The van der Waals surface area contributed by atoms with Crippen LogP contribution in [-0.2, 0) is 6.42 Å². The first-order valence-corrected chi connectivity index (χ1v) is 6.15. The number of phenolic OH excluding ortho intramolecular Hbond substituents is 1. The number of carbonyl (C=O) groups is 1. The lowest BCUT2D eigenvalue weighted by Gasteiger charge is -2.08. The van der Waals surface area contributed by atoms with Gasteiger partial charge in [0.05, 0.1) is 12.7 Å². The van der Waals surface area contributed by atoms with Gasteiger partial charge in [-0.25, -0.2) is 0 Å². The van der Waals surface area contributed by atoms with E-state index in [0.29, 0.717) is 18.4 Å². The molecule has 0 aliphatic rings. The van der Waals surface area contributed by atoms with Gasteiger partial charge in [-0.15, -0.1) is 0 Å². The van der Waals surface area contributed by atoms with Gasteiger partial charge in [0.2, 0.25) is 0 Å². The van der Waals surface area contributed by atoms with Gasteiger partial charge < -0.3 is 9.84 Å². The molecule has 0 bridgehead atoms. The van der Waals surface area contributed by atoms with Crippen molar-refractivity contribution in [1.82, 2.24) is 0 Å². The number of hydrogen-bond donors (Lipinski definition) is 1. The molecule has 0 saturated heterocycles. The minimum absolute atomic E-state index is 0.0347. The van der Waals surface area contributed by atoms with E-state index in [1.165, 1.54) is 6.07 Å². The van der Waals surface area contributed by atoms with Crippen LogP contribution in [0.2, 0.25) is 0 Å². The molecule has 2 aromatic rings. The van der Waals surface area contributed by atoms with Crippen LogP contribution < -0.4 is 4.74 Å². The molecule has 0 spiro atoms. The van der Waals surface area contributed by atoms with E-state index in [9.17, 15) is 9.90 Å². The van der Waals surface area contributed by atoms with Crippen LogP contribution in [0.4, 0.5) is 0 Å². The number of para-hydroxylation sites is 2. The van der Waals surface area contributed by atoms with Crippen LogP contribution in [0.1, 0.15) is 22.3 Å². The zero-order valence-electron chi connectivity index (χ0n) is 10.8. The summed E-state index contributed by atoms with van der Waals surface area (Å²) in [7, 11) is 1.61. The molecule has 0 atom stereocenters. The van der Waals surface area contributed by atoms with Crippen molar-refractivity contribution in [3.05, 3.63) is 59.7 Å². The quantitative estimate of drug-likeness (QED) is 0.835. The van der Waals surface area contributed by atoms with Gasteiger partial charge in [-0.05, 0) is 30.2 Å². The molecule has 3 heteroatoms. The Kier molecular flexibility index (Phi) is 4.18. The standard InChI is InChI=1S/C16H16O3/c1-19-16-9-5-2-6-12(16)10-11-15(18)13-7-3-4-8-14(13)17/h2-9,17H,10-11H2,1H3. The Morgan fingerprint density at radius 1 is 1.11 bits per heavy atom. The van der Waals surface area contributed by atoms with Crippen LogP contribution in [0, 0.1) is 0 Å². The molecular formula is C16H16O3. The lowest BCUT2D eigenvalue weighted by Crippen LogP contribution is -2.02. The van der Waals surface area contributed by atoms with Crippen molar-refractivity contribution >= 4 is 5.78 Å². The summed E-state index contributed by atoms with van der Waals surface area (Å²) < 4.78 is 5.25. The lowest BCUT2D eigenvalue weighted by molar-refractivity contribution is 0.0980. The van der Waals surface area contributed by atoms with Gasteiger partial charge in [-0.3, -0.25) is 4.79 Å². The van der Waals surface area contributed by atoms with E-state index in [2.05, 4.69) is 0 Å². The van der Waals surface area contributed by atoms with E-state index in [-0.39, 0.29) is 11.5 Å². The molecular weight excluding hydrogens is 240 g/mol. The van der Waals surface area contributed by atoms with E-state index >= 15 is 0 Å². The van der Waals surface area contributed by atoms with Crippen LogP contribution >= 0.6 is 0 Å². The summed E-state index contributed by atoms with van der Waals surface area (Å²) in [5.74, 6) is 0.754. The monoisotopic (exact) mass is 256 g/mol. The summed E-state index contributed by atoms with van der Waals surface area (Å²) in [5, 5.41) is 9.63. The third-order valence-electron chi connectivity index (χ3n) is 3.02. The Balaban J connectivity index is 2.07. The van der Waals surface area contributed by atoms with E-state index in [4.69, 9.17) is 4.74 Å². The Morgan fingerprint density at radius 2 is 1.79 bits per heavy atom. The lowest BCUT2D eigenvalue weighted by atomic mass is 10.0. The molecule has 3 nitrogen and oxygen atoms in total. The summed E-state index contributed by atoms with van der Waals surface area (Å²) in [5.41, 5.74) is 1.37. The summed E-state index contributed by atoms with van der Waals surface area (Å²) in [6.45, 7) is 0. The molecule has 2 rings (SSSR count). The fourth-order valence-corrected chi connectivity index (χ4v) is 2.00. The minimum atomic E-state index is -0.0657. The van der Waals surface area contributed by atoms with Crippen LogP contribution in [0.15, 0.2) is 48.5 Å². The van der Waals surface area contributed by atoms with Crippen molar-refractivity contribution in [1.29, 1.82) is 0 Å². The van der Waals surface area contributed by atoms with Crippen molar-refractivity contribution in [2.45, 2.75) is 12.8 Å². The zero-order chi connectivity index (χ0) is 13.7. The molecule has 0 aliphatic carbocycles. The molecule has 0 heterocycles. The smallest absolute Gasteiger partial charge is 0.166 e. The van der Waals surface area contributed by atoms with Crippen LogP contribution in [0.25, 0.3) is 0 Å². The third-order valence-corrected chi connectivity index (χ3v) is 3.02. The number of aryl methyl sites for hydroxylation is 1. The number of ketones is 1. The van der Waals surface area contributed by atoms with Crippen LogP contribution in [0.5, 0.6) is 11.5 Å². The largest absolute Gasteiger partial charge is 0.507 e. The van der Waals surface area contributed by atoms with Gasteiger partial charge >= 0.3 is 0 Å². The maximum atomic E-state index is 12.0. The molecule has 19 heavy (non-hydrogen) atoms. The Morgan fingerprint density at radius 3 is 2.53 bits per heavy atom. The van der Waals surface area contributed by atoms with Gasteiger partial charge in [0.1, 0.15) is 11.5 Å². The molecule has 2 aromatic carbocycles. The summed E-state index contributed by atoms with van der Waals surface area (Å²) >= 11 is 0. The number of benzene rings is 2. The average molecular weight is 256 g/mol. The van der Waals surface area contributed by atoms with Gasteiger partial charge in [-0.1, -0.05) is 30.3 Å². The van der Waals surface area contributed by atoms with Gasteiger partial charge in [0.15, 0.2) is 5.78 Å². The minimum Gasteiger partial charge on any atom is -0.507 e. The maximum Gasteiger partial charge on any atom is 0.166 e. The third kappa shape index (κ3) is 3.13. The van der Waals surface area contributed by atoms with E-state index in [0.717, 1.165) is 11.3 Å². The highest BCUT2D eigenvalue weighted by molar-refractivity contribution is 5.98. The Bertz CT molecular complexity index is 576. The first kappa shape index (κ1) is 13.1. The highest BCUT2D eigenvalue weighted by Crippen LogP contribution is 2.22. The Hall–Kier alpha value is -2.29. The van der Waals surface area contributed by atoms with E-state index in [1.54, 1.807) is 25.3 Å². The second-order valence-electron chi connectivity index (χ2n) is 4.25. The topological polar surface area (TPSA) is 46.5 Å². The molecule has 0 fully saturated rings. The molecule has 0 unspecified atom stereocenters. The maximum absolute atomic E-state index is 12.0. The second kappa shape index (κ2) is 6.05. The average Bonchev–Trinajstić information content (AvgIpc) is 2.45. The summed E-state index contributed by atoms with van der Waals surface area (Å²) in [4.78, 5) is 12.0. The van der Waals surface area contributed by atoms with Gasteiger partial charge in [-0.2, -0.15) is 0 Å². The van der Waals surface area contributed by atoms with Gasteiger partial charge in [0.25, 0.3) is 0 Å². The molecule has 98 valence electrons. The highest BCUT2D eigenvalue weighted by Gasteiger charge is 2.11. The Labute approximate surface area is 112 Å². The summed E-state index contributed by atoms with van der Waals surface area (Å²) in [6, 6.07) is 14.2. The number of aromatic hydroxyl groups is 1. The molecule has 0 aliphatic heterocycles. The predicted molar refractivity (Wildman–Crippen MR) is 73.8 cm³/mol. The van der Waals surface area contributed by atoms with Crippen molar-refractivity contribution < 1.29 is 14.6 Å². The van der Waals surface area contributed by atoms with E-state index in [1.807, 2.05) is 24.3 Å².